The van der Waals surface area contributed by atoms with Crippen LogP contribution in [-0.2, 0) is 4.79 Å². The van der Waals surface area contributed by atoms with Crippen LogP contribution in [0.25, 0.3) is 0 Å². The Hall–Kier alpha value is -2.20. The van der Waals surface area contributed by atoms with Gasteiger partial charge in [0.15, 0.2) is 0 Å². The van der Waals surface area contributed by atoms with E-state index in [1.807, 2.05) is 35.2 Å². The second-order valence-electron chi connectivity index (χ2n) is 5.57. The van der Waals surface area contributed by atoms with E-state index in [1.54, 1.807) is 18.2 Å². The summed E-state index contributed by atoms with van der Waals surface area (Å²) in [6.45, 7) is 0.658. The van der Waals surface area contributed by atoms with E-state index in [0.29, 0.717) is 18.5 Å². The summed E-state index contributed by atoms with van der Waals surface area (Å²) in [5.41, 5.74) is 1.45. The van der Waals surface area contributed by atoms with Crippen LogP contribution in [0.15, 0.2) is 54.6 Å². The molecule has 0 saturated carbocycles. The fourth-order valence-corrected chi connectivity index (χ4v) is 3.25. The van der Waals surface area contributed by atoms with Crippen molar-refractivity contribution in [3.8, 4) is 0 Å². The minimum atomic E-state index is -0.838. The summed E-state index contributed by atoms with van der Waals surface area (Å²) in [6.07, 6.45) is 1.42. The number of benzene rings is 2. The van der Waals surface area contributed by atoms with E-state index in [1.165, 1.54) is 6.07 Å². The second-order valence-corrected chi connectivity index (χ2v) is 5.57. The molecule has 2 aromatic rings. The van der Waals surface area contributed by atoms with E-state index < -0.39 is 12.0 Å². The van der Waals surface area contributed by atoms with Crippen molar-refractivity contribution < 1.29 is 14.3 Å². The number of carboxylic acids is 1. The Morgan fingerprint density at radius 2 is 1.82 bits per heavy atom. The van der Waals surface area contributed by atoms with Gasteiger partial charge in [-0.05, 0) is 24.5 Å². The minimum absolute atomic E-state index is 0.299. The van der Waals surface area contributed by atoms with Crippen LogP contribution in [0.2, 0.25) is 0 Å². The first-order valence-corrected chi connectivity index (χ1v) is 7.46. The Morgan fingerprint density at radius 1 is 1.14 bits per heavy atom. The van der Waals surface area contributed by atoms with Crippen molar-refractivity contribution in [1.29, 1.82) is 0 Å². The highest BCUT2D eigenvalue weighted by molar-refractivity contribution is 5.74. The van der Waals surface area contributed by atoms with Gasteiger partial charge in [-0.2, -0.15) is 0 Å². The second kappa shape index (κ2) is 6.28. The molecule has 0 radical (unpaired) electrons. The molecule has 3 nitrogen and oxygen atoms in total. The third-order valence-corrected chi connectivity index (χ3v) is 4.23. The molecule has 0 aliphatic carbocycles. The normalized spacial score (nSPS) is 20.0. The van der Waals surface area contributed by atoms with Gasteiger partial charge in [-0.25, -0.2) is 4.39 Å². The first-order valence-electron chi connectivity index (χ1n) is 7.46. The molecule has 1 saturated heterocycles. The number of hydrogen-bond donors (Lipinski definition) is 1. The van der Waals surface area contributed by atoms with Crippen molar-refractivity contribution >= 4 is 5.97 Å². The fourth-order valence-electron chi connectivity index (χ4n) is 3.25. The first-order chi connectivity index (χ1) is 10.7. The average Bonchev–Trinajstić information content (AvgIpc) is 3.00. The van der Waals surface area contributed by atoms with Gasteiger partial charge in [0.1, 0.15) is 11.9 Å². The fraction of sp³-hybridized carbons (Fsp3) is 0.278. The number of aliphatic carboxylic acids is 1. The molecule has 1 aliphatic heterocycles. The molecule has 114 valence electrons. The minimum Gasteiger partial charge on any atom is -0.480 e. The molecular weight excluding hydrogens is 281 g/mol. The van der Waals surface area contributed by atoms with Crippen molar-refractivity contribution in [3.63, 3.8) is 0 Å². The molecule has 2 atom stereocenters. The SMILES string of the molecule is O=C(O)C1CCCN1C(c1ccccc1)c1ccccc1F. The van der Waals surface area contributed by atoms with Crippen LogP contribution < -0.4 is 0 Å². The maximum absolute atomic E-state index is 14.3. The summed E-state index contributed by atoms with van der Waals surface area (Å²) in [5.74, 6) is -1.14. The lowest BCUT2D eigenvalue weighted by Crippen LogP contribution is -2.39. The van der Waals surface area contributed by atoms with Gasteiger partial charge < -0.3 is 5.11 Å². The Bertz CT molecular complexity index is 659. The first kappa shape index (κ1) is 14.7. The van der Waals surface area contributed by atoms with Crippen LogP contribution in [0.1, 0.15) is 30.0 Å². The van der Waals surface area contributed by atoms with Gasteiger partial charge in [-0.3, -0.25) is 9.69 Å². The zero-order valence-corrected chi connectivity index (χ0v) is 12.2. The molecule has 3 rings (SSSR count). The topological polar surface area (TPSA) is 40.5 Å². The van der Waals surface area contributed by atoms with Gasteiger partial charge in [-0.15, -0.1) is 0 Å². The summed E-state index contributed by atoms with van der Waals surface area (Å²) < 4.78 is 14.3. The molecule has 22 heavy (non-hydrogen) atoms. The molecule has 0 bridgehead atoms. The third kappa shape index (κ3) is 2.74. The molecule has 2 aromatic carbocycles. The standard InChI is InChI=1S/C18H18FNO2/c19-15-10-5-4-9-14(15)17(13-7-2-1-3-8-13)20-12-6-11-16(20)18(21)22/h1-5,7-10,16-17H,6,11-12H2,(H,21,22). The largest absolute Gasteiger partial charge is 0.480 e. The molecule has 4 heteroatoms. The number of rotatable bonds is 4. The summed E-state index contributed by atoms with van der Waals surface area (Å²) in [7, 11) is 0. The number of nitrogens with zero attached hydrogens (tertiary/aromatic N) is 1. The van der Waals surface area contributed by atoms with Gasteiger partial charge in [0, 0.05) is 12.1 Å². The Morgan fingerprint density at radius 3 is 2.50 bits per heavy atom. The molecule has 1 N–H and O–H groups in total. The van der Waals surface area contributed by atoms with Crippen molar-refractivity contribution in [3.05, 3.63) is 71.5 Å². The number of carbonyl (C=O) groups is 1. The van der Waals surface area contributed by atoms with Crippen LogP contribution >= 0.6 is 0 Å². The molecular formula is C18H18FNO2. The van der Waals surface area contributed by atoms with E-state index in [0.717, 1.165) is 12.0 Å². The van der Waals surface area contributed by atoms with E-state index in [9.17, 15) is 14.3 Å². The summed E-state index contributed by atoms with van der Waals surface area (Å²) in [4.78, 5) is 13.4. The lowest BCUT2D eigenvalue weighted by molar-refractivity contribution is -0.142. The predicted octanol–water partition coefficient (Wildman–Crippen LogP) is 3.46. The molecule has 2 unspecified atom stereocenters. The molecule has 0 amide bonds. The molecule has 1 heterocycles. The van der Waals surface area contributed by atoms with Crippen molar-refractivity contribution in [1.82, 2.24) is 4.90 Å². The Balaban J connectivity index is 2.08. The van der Waals surface area contributed by atoms with Crippen LogP contribution in [0, 0.1) is 5.82 Å². The third-order valence-electron chi connectivity index (χ3n) is 4.23. The predicted molar refractivity (Wildman–Crippen MR) is 82.0 cm³/mol. The van der Waals surface area contributed by atoms with E-state index in [4.69, 9.17) is 0 Å². The number of carboxylic acid groups (broad SMARTS) is 1. The van der Waals surface area contributed by atoms with E-state index in [2.05, 4.69) is 0 Å². The van der Waals surface area contributed by atoms with Crippen LogP contribution in [0.3, 0.4) is 0 Å². The van der Waals surface area contributed by atoms with Gasteiger partial charge in [0.25, 0.3) is 0 Å². The van der Waals surface area contributed by atoms with Gasteiger partial charge in [0.2, 0.25) is 0 Å². The van der Waals surface area contributed by atoms with Gasteiger partial charge >= 0.3 is 5.97 Å². The van der Waals surface area contributed by atoms with E-state index in [-0.39, 0.29) is 11.9 Å². The molecule has 1 fully saturated rings. The van der Waals surface area contributed by atoms with Gasteiger partial charge in [-0.1, -0.05) is 48.5 Å². The summed E-state index contributed by atoms with van der Waals surface area (Å²) in [6, 6.07) is 15.2. The average molecular weight is 299 g/mol. The monoisotopic (exact) mass is 299 g/mol. The number of likely N-dealkylation sites (tertiary alicyclic amines) is 1. The van der Waals surface area contributed by atoms with Crippen molar-refractivity contribution in [2.24, 2.45) is 0 Å². The van der Waals surface area contributed by atoms with E-state index >= 15 is 0 Å². The lowest BCUT2D eigenvalue weighted by Gasteiger charge is -2.32. The summed E-state index contributed by atoms with van der Waals surface area (Å²) in [5, 5.41) is 9.46. The van der Waals surface area contributed by atoms with Crippen molar-refractivity contribution in [2.75, 3.05) is 6.54 Å². The highest BCUT2D eigenvalue weighted by atomic mass is 19.1. The Labute approximate surface area is 129 Å². The lowest BCUT2D eigenvalue weighted by atomic mass is 9.96. The number of hydrogen-bond acceptors (Lipinski definition) is 2. The molecule has 0 spiro atoms. The van der Waals surface area contributed by atoms with Gasteiger partial charge in [0.05, 0.1) is 6.04 Å². The maximum atomic E-state index is 14.3. The van der Waals surface area contributed by atoms with Crippen LogP contribution in [-0.4, -0.2) is 28.6 Å². The number of halogens is 1. The van der Waals surface area contributed by atoms with Crippen LogP contribution in [0.4, 0.5) is 4.39 Å². The smallest absolute Gasteiger partial charge is 0.320 e. The van der Waals surface area contributed by atoms with Crippen molar-refractivity contribution in [2.45, 2.75) is 24.9 Å². The zero-order valence-electron chi connectivity index (χ0n) is 12.2. The molecule has 1 aliphatic rings. The maximum Gasteiger partial charge on any atom is 0.320 e. The summed E-state index contributed by atoms with van der Waals surface area (Å²) >= 11 is 0. The zero-order chi connectivity index (χ0) is 15.5. The highest BCUT2D eigenvalue weighted by Gasteiger charge is 2.37. The Kier molecular flexibility index (Phi) is 4.20. The molecule has 0 aromatic heterocycles. The highest BCUT2D eigenvalue weighted by Crippen LogP contribution is 2.35. The van der Waals surface area contributed by atoms with Crippen LogP contribution in [0.5, 0.6) is 0 Å². The quantitative estimate of drug-likeness (QED) is 0.940.